The van der Waals surface area contributed by atoms with Gasteiger partial charge < -0.3 is 10.2 Å². The van der Waals surface area contributed by atoms with E-state index in [1.165, 1.54) is 11.1 Å². The first-order valence-corrected chi connectivity index (χ1v) is 6.91. The Hall–Kier alpha value is -1.87. The number of para-hydroxylation sites is 1. The van der Waals surface area contributed by atoms with Crippen LogP contribution in [0, 0.1) is 0 Å². The number of hydrogen-bond donors (Lipinski definition) is 1. The zero-order chi connectivity index (χ0) is 13.1. The molecule has 1 aliphatic heterocycles. The SMILES string of the molecule is S=C(Nc1ccccc1)N1CCc2ccccc2C1. The minimum atomic E-state index is 0.806. The summed E-state index contributed by atoms with van der Waals surface area (Å²) < 4.78 is 0. The molecule has 0 radical (unpaired) electrons. The first kappa shape index (κ1) is 12.2. The Balaban J connectivity index is 1.70. The van der Waals surface area contributed by atoms with E-state index in [1.54, 1.807) is 0 Å². The fourth-order valence-electron chi connectivity index (χ4n) is 2.39. The van der Waals surface area contributed by atoms with E-state index >= 15 is 0 Å². The smallest absolute Gasteiger partial charge is 0.173 e. The molecule has 1 heterocycles. The van der Waals surface area contributed by atoms with Gasteiger partial charge in [-0.15, -0.1) is 0 Å². The molecule has 19 heavy (non-hydrogen) atoms. The van der Waals surface area contributed by atoms with Gasteiger partial charge in [-0.25, -0.2) is 0 Å². The van der Waals surface area contributed by atoms with Gasteiger partial charge in [0.15, 0.2) is 5.11 Å². The van der Waals surface area contributed by atoms with Crippen LogP contribution in [0.1, 0.15) is 11.1 Å². The van der Waals surface area contributed by atoms with Crippen molar-refractivity contribution in [1.82, 2.24) is 4.90 Å². The minimum Gasteiger partial charge on any atom is -0.344 e. The Kier molecular flexibility index (Phi) is 3.47. The Morgan fingerprint density at radius 1 is 0.947 bits per heavy atom. The first-order chi connectivity index (χ1) is 9.33. The van der Waals surface area contributed by atoms with Gasteiger partial charge in [0.05, 0.1) is 0 Å². The van der Waals surface area contributed by atoms with E-state index < -0.39 is 0 Å². The lowest BCUT2D eigenvalue weighted by Crippen LogP contribution is -2.38. The van der Waals surface area contributed by atoms with E-state index in [0.717, 1.165) is 30.3 Å². The molecule has 0 fully saturated rings. The van der Waals surface area contributed by atoms with Crippen molar-refractivity contribution in [1.29, 1.82) is 0 Å². The van der Waals surface area contributed by atoms with Gasteiger partial charge in [-0.05, 0) is 41.9 Å². The van der Waals surface area contributed by atoms with Crippen molar-refractivity contribution in [2.24, 2.45) is 0 Å². The zero-order valence-electron chi connectivity index (χ0n) is 10.7. The third-order valence-corrected chi connectivity index (χ3v) is 3.80. The Morgan fingerprint density at radius 2 is 1.63 bits per heavy atom. The molecule has 0 unspecified atom stereocenters. The van der Waals surface area contributed by atoms with E-state index in [2.05, 4.69) is 34.5 Å². The quantitative estimate of drug-likeness (QED) is 0.798. The molecule has 2 nitrogen and oxygen atoms in total. The average molecular weight is 268 g/mol. The van der Waals surface area contributed by atoms with Crippen LogP contribution >= 0.6 is 12.2 Å². The first-order valence-electron chi connectivity index (χ1n) is 6.51. The average Bonchev–Trinajstić information content (AvgIpc) is 2.48. The number of benzene rings is 2. The summed E-state index contributed by atoms with van der Waals surface area (Å²) in [7, 11) is 0. The van der Waals surface area contributed by atoms with Crippen LogP contribution in [0.25, 0.3) is 0 Å². The second-order valence-electron chi connectivity index (χ2n) is 4.74. The van der Waals surface area contributed by atoms with Crippen molar-refractivity contribution in [3.05, 3.63) is 65.7 Å². The predicted octanol–water partition coefficient (Wildman–Crippen LogP) is 3.44. The summed E-state index contributed by atoms with van der Waals surface area (Å²) in [6.45, 7) is 1.88. The van der Waals surface area contributed by atoms with Crippen molar-refractivity contribution < 1.29 is 0 Å². The largest absolute Gasteiger partial charge is 0.344 e. The van der Waals surface area contributed by atoms with Crippen molar-refractivity contribution in [3.63, 3.8) is 0 Å². The van der Waals surface area contributed by atoms with Crippen LogP contribution < -0.4 is 5.32 Å². The number of fused-ring (bicyclic) bond motifs is 1. The molecule has 1 aliphatic rings. The highest BCUT2D eigenvalue weighted by Gasteiger charge is 2.17. The zero-order valence-corrected chi connectivity index (χ0v) is 11.5. The van der Waals surface area contributed by atoms with Crippen LogP contribution in [0.15, 0.2) is 54.6 Å². The number of hydrogen-bond acceptors (Lipinski definition) is 1. The van der Waals surface area contributed by atoms with Gasteiger partial charge in [0.25, 0.3) is 0 Å². The van der Waals surface area contributed by atoms with Crippen molar-refractivity contribution in [3.8, 4) is 0 Å². The van der Waals surface area contributed by atoms with Crippen LogP contribution in [0.3, 0.4) is 0 Å². The highest BCUT2D eigenvalue weighted by Crippen LogP contribution is 2.19. The van der Waals surface area contributed by atoms with Gasteiger partial charge >= 0.3 is 0 Å². The fraction of sp³-hybridized carbons (Fsp3) is 0.188. The summed E-state index contributed by atoms with van der Waals surface area (Å²) >= 11 is 5.50. The number of thiocarbonyl (C=S) groups is 1. The van der Waals surface area contributed by atoms with Crippen molar-refractivity contribution in [2.75, 3.05) is 11.9 Å². The van der Waals surface area contributed by atoms with Crippen LogP contribution in [0.4, 0.5) is 5.69 Å². The molecule has 3 heteroatoms. The van der Waals surface area contributed by atoms with Gasteiger partial charge in [-0.2, -0.15) is 0 Å². The maximum atomic E-state index is 5.50. The normalized spacial score (nSPS) is 13.8. The molecule has 0 bridgehead atoms. The fourth-order valence-corrected chi connectivity index (χ4v) is 2.67. The third kappa shape index (κ3) is 2.76. The summed E-state index contributed by atoms with van der Waals surface area (Å²) in [5.41, 5.74) is 3.87. The molecule has 1 N–H and O–H groups in total. The molecule has 0 saturated carbocycles. The van der Waals surface area contributed by atoms with Crippen molar-refractivity contribution in [2.45, 2.75) is 13.0 Å². The molecular weight excluding hydrogens is 252 g/mol. The molecule has 2 aromatic carbocycles. The van der Waals surface area contributed by atoms with Gasteiger partial charge in [0.2, 0.25) is 0 Å². The molecule has 0 spiro atoms. The topological polar surface area (TPSA) is 15.3 Å². The number of anilines is 1. The van der Waals surface area contributed by atoms with Crippen LogP contribution in [-0.4, -0.2) is 16.6 Å². The number of nitrogens with zero attached hydrogens (tertiary/aromatic N) is 1. The molecule has 0 amide bonds. The van der Waals surface area contributed by atoms with E-state index in [0.29, 0.717) is 0 Å². The lowest BCUT2D eigenvalue weighted by Gasteiger charge is -2.31. The van der Waals surface area contributed by atoms with Crippen LogP contribution in [-0.2, 0) is 13.0 Å². The van der Waals surface area contributed by atoms with Crippen LogP contribution in [0.2, 0.25) is 0 Å². The van der Waals surface area contributed by atoms with Gasteiger partial charge in [0, 0.05) is 18.8 Å². The maximum Gasteiger partial charge on any atom is 0.173 e. The van der Waals surface area contributed by atoms with Crippen molar-refractivity contribution >= 4 is 23.0 Å². The summed E-state index contributed by atoms with van der Waals surface area (Å²) in [6, 6.07) is 18.7. The minimum absolute atomic E-state index is 0.806. The summed E-state index contributed by atoms with van der Waals surface area (Å²) in [6.07, 6.45) is 1.06. The Labute approximate surface area is 119 Å². The lowest BCUT2D eigenvalue weighted by atomic mass is 10.0. The molecule has 0 aliphatic carbocycles. The van der Waals surface area contributed by atoms with Gasteiger partial charge in [-0.1, -0.05) is 42.5 Å². The molecule has 0 atom stereocenters. The maximum absolute atomic E-state index is 5.50. The summed E-state index contributed by atoms with van der Waals surface area (Å²) in [5.74, 6) is 0. The predicted molar refractivity (Wildman–Crippen MR) is 83.2 cm³/mol. The molecule has 96 valence electrons. The summed E-state index contributed by atoms with van der Waals surface area (Å²) in [4.78, 5) is 2.23. The molecule has 0 saturated heterocycles. The molecule has 2 aromatic rings. The Morgan fingerprint density at radius 3 is 2.42 bits per heavy atom. The van der Waals surface area contributed by atoms with E-state index in [9.17, 15) is 0 Å². The van der Waals surface area contributed by atoms with E-state index in [-0.39, 0.29) is 0 Å². The number of nitrogens with one attached hydrogen (secondary N) is 1. The standard InChI is InChI=1S/C16H16N2S/c19-16(17-15-8-2-1-3-9-15)18-11-10-13-6-4-5-7-14(13)12-18/h1-9H,10-12H2,(H,17,19). The van der Waals surface area contributed by atoms with Gasteiger partial charge in [-0.3, -0.25) is 0 Å². The third-order valence-electron chi connectivity index (χ3n) is 3.44. The molecular formula is C16H16N2S. The molecule has 0 aromatic heterocycles. The highest BCUT2D eigenvalue weighted by atomic mass is 32.1. The monoisotopic (exact) mass is 268 g/mol. The molecule has 3 rings (SSSR count). The van der Waals surface area contributed by atoms with Crippen LogP contribution in [0.5, 0.6) is 0 Å². The number of rotatable bonds is 1. The lowest BCUT2D eigenvalue weighted by molar-refractivity contribution is 0.399. The summed E-state index contributed by atoms with van der Waals surface area (Å²) in [5, 5.41) is 4.11. The van der Waals surface area contributed by atoms with E-state index in [4.69, 9.17) is 12.2 Å². The Bertz CT molecular complexity index is 580. The van der Waals surface area contributed by atoms with Gasteiger partial charge in [0.1, 0.15) is 0 Å². The second-order valence-corrected chi connectivity index (χ2v) is 5.12. The second kappa shape index (κ2) is 5.41. The van der Waals surface area contributed by atoms with E-state index in [1.807, 2.05) is 30.3 Å². The highest BCUT2D eigenvalue weighted by molar-refractivity contribution is 7.80.